The number of thiocarbonyl (C=S) groups is 1. The molecule has 3 N–H and O–H groups in total. The molecule has 0 atom stereocenters. The second-order valence-corrected chi connectivity index (χ2v) is 7.61. The average molecular weight is 505 g/mol. The Morgan fingerprint density at radius 3 is 2.54 bits per heavy atom. The molecule has 0 fully saturated rings. The van der Waals surface area contributed by atoms with E-state index >= 15 is 0 Å². The van der Waals surface area contributed by atoms with Crippen LogP contribution in [0.25, 0.3) is 0 Å². The minimum atomic E-state index is -0.477. The Kier molecular flexibility index (Phi) is 8.98. The highest BCUT2D eigenvalue weighted by Gasteiger charge is 2.09. The largest absolute Gasteiger partial charge is 0.483 e. The Morgan fingerprint density at radius 1 is 1.07 bits per heavy atom. The van der Waals surface area contributed by atoms with E-state index in [-0.39, 0.29) is 24.0 Å². The number of amides is 2. The smallest absolute Gasteiger partial charge is 0.276 e. The van der Waals surface area contributed by atoms with Crippen LogP contribution in [0.4, 0.5) is 0 Å². The van der Waals surface area contributed by atoms with E-state index in [1.54, 1.807) is 24.3 Å². The van der Waals surface area contributed by atoms with E-state index in [2.05, 4.69) is 32.1 Å². The van der Waals surface area contributed by atoms with Gasteiger partial charge < -0.3 is 10.1 Å². The summed E-state index contributed by atoms with van der Waals surface area (Å²) < 4.78 is 5.99. The molecule has 6 nitrogen and oxygen atoms in total. The first-order valence-corrected chi connectivity index (χ1v) is 10.0. The zero-order valence-electron chi connectivity index (χ0n) is 14.4. The second kappa shape index (κ2) is 11.2. The maximum absolute atomic E-state index is 11.9. The zero-order chi connectivity index (χ0) is 20.5. The molecule has 0 heterocycles. The van der Waals surface area contributed by atoms with Gasteiger partial charge in [0.15, 0.2) is 11.7 Å². The van der Waals surface area contributed by atoms with Crippen LogP contribution in [0.1, 0.15) is 12.0 Å². The molecule has 0 aliphatic rings. The molecule has 2 aromatic rings. The number of hydrogen-bond donors (Lipinski definition) is 3. The van der Waals surface area contributed by atoms with Gasteiger partial charge in [-0.25, -0.2) is 0 Å². The first-order chi connectivity index (χ1) is 13.3. The molecule has 0 saturated heterocycles. The standard InChI is InChI=1S/C18H16BrCl2N3O3S/c19-13-9-12(20)6-7-15(13)27-10-17(26)23-24-18(28)22-16(25)8-5-11-3-1-2-4-14(11)21/h1-4,6-7,9H,5,8,10H2,(H,23,26)(H2,22,24,25,28). The molecular weight excluding hydrogens is 489 g/mol. The van der Waals surface area contributed by atoms with E-state index in [4.69, 9.17) is 40.2 Å². The van der Waals surface area contributed by atoms with Gasteiger partial charge in [-0.15, -0.1) is 0 Å². The van der Waals surface area contributed by atoms with Crippen molar-refractivity contribution >= 4 is 68.3 Å². The van der Waals surface area contributed by atoms with Gasteiger partial charge in [-0.3, -0.25) is 20.4 Å². The summed E-state index contributed by atoms with van der Waals surface area (Å²) in [7, 11) is 0. The Hall–Kier alpha value is -1.87. The summed E-state index contributed by atoms with van der Waals surface area (Å²) in [4.78, 5) is 23.7. The van der Waals surface area contributed by atoms with Crippen LogP contribution < -0.4 is 20.9 Å². The SMILES string of the molecule is O=C(COc1ccc(Cl)cc1Br)NNC(=S)NC(=O)CCc1ccccc1Cl. The normalized spacial score (nSPS) is 10.1. The summed E-state index contributed by atoms with van der Waals surface area (Å²) in [6.07, 6.45) is 0.678. The number of ether oxygens (including phenoxy) is 1. The molecule has 148 valence electrons. The second-order valence-electron chi connectivity index (χ2n) is 5.51. The highest BCUT2D eigenvalue weighted by molar-refractivity contribution is 9.10. The topological polar surface area (TPSA) is 79.5 Å². The summed E-state index contributed by atoms with van der Waals surface area (Å²) in [5, 5.41) is 3.60. The number of hydrogen-bond acceptors (Lipinski definition) is 4. The lowest BCUT2D eigenvalue weighted by Crippen LogP contribution is -2.49. The zero-order valence-corrected chi connectivity index (χ0v) is 18.3. The minimum Gasteiger partial charge on any atom is -0.483 e. The van der Waals surface area contributed by atoms with Crippen LogP contribution in [-0.2, 0) is 16.0 Å². The van der Waals surface area contributed by atoms with Crippen molar-refractivity contribution in [1.29, 1.82) is 0 Å². The van der Waals surface area contributed by atoms with Gasteiger partial charge in [-0.1, -0.05) is 41.4 Å². The predicted octanol–water partition coefficient (Wildman–Crippen LogP) is 3.79. The molecule has 0 aliphatic carbocycles. The molecule has 2 aromatic carbocycles. The molecular formula is C18H16BrCl2N3O3S. The molecule has 0 radical (unpaired) electrons. The van der Waals surface area contributed by atoms with Crippen molar-refractivity contribution in [3.05, 3.63) is 62.5 Å². The number of carbonyl (C=O) groups excluding carboxylic acids is 2. The number of carbonyl (C=O) groups is 2. The van der Waals surface area contributed by atoms with Crippen molar-refractivity contribution in [1.82, 2.24) is 16.2 Å². The molecule has 2 rings (SSSR count). The lowest BCUT2D eigenvalue weighted by atomic mass is 10.1. The lowest BCUT2D eigenvalue weighted by Gasteiger charge is -2.12. The van der Waals surface area contributed by atoms with Crippen LogP contribution in [0.15, 0.2) is 46.9 Å². The lowest BCUT2D eigenvalue weighted by molar-refractivity contribution is -0.124. The molecule has 28 heavy (non-hydrogen) atoms. The maximum atomic E-state index is 11.9. The Bertz CT molecular complexity index is 883. The van der Waals surface area contributed by atoms with Gasteiger partial charge in [0.1, 0.15) is 5.75 Å². The molecule has 0 saturated carbocycles. The Balaban J connectivity index is 1.67. The average Bonchev–Trinajstić information content (AvgIpc) is 2.65. The van der Waals surface area contributed by atoms with Crippen molar-refractivity contribution in [2.45, 2.75) is 12.8 Å². The van der Waals surface area contributed by atoms with E-state index in [1.807, 2.05) is 18.2 Å². The highest BCUT2D eigenvalue weighted by atomic mass is 79.9. The number of hydrazine groups is 1. The van der Waals surface area contributed by atoms with Crippen LogP contribution in [0.5, 0.6) is 5.75 Å². The first kappa shape index (κ1) is 22.4. The fourth-order valence-electron chi connectivity index (χ4n) is 2.07. The van der Waals surface area contributed by atoms with Crippen molar-refractivity contribution in [2.24, 2.45) is 0 Å². The summed E-state index contributed by atoms with van der Waals surface area (Å²) in [6.45, 7) is -0.254. The molecule has 0 bridgehead atoms. The van der Waals surface area contributed by atoms with Gasteiger partial charge in [0, 0.05) is 16.5 Å². The van der Waals surface area contributed by atoms with Crippen LogP contribution in [0.3, 0.4) is 0 Å². The van der Waals surface area contributed by atoms with Gasteiger partial charge in [-0.2, -0.15) is 0 Å². The fraction of sp³-hybridized carbons (Fsp3) is 0.167. The Morgan fingerprint density at radius 2 is 1.82 bits per heavy atom. The van der Waals surface area contributed by atoms with Gasteiger partial charge in [0.25, 0.3) is 5.91 Å². The highest BCUT2D eigenvalue weighted by Crippen LogP contribution is 2.27. The van der Waals surface area contributed by atoms with Gasteiger partial charge in [0.2, 0.25) is 5.91 Å². The number of halogens is 3. The quantitative estimate of drug-likeness (QED) is 0.412. The Labute approximate surface area is 186 Å². The van der Waals surface area contributed by atoms with Crippen LogP contribution >= 0.6 is 51.3 Å². The first-order valence-electron chi connectivity index (χ1n) is 8.05. The number of rotatable bonds is 6. The van der Waals surface area contributed by atoms with E-state index in [9.17, 15) is 9.59 Å². The summed E-state index contributed by atoms with van der Waals surface area (Å²) >= 11 is 20.2. The van der Waals surface area contributed by atoms with E-state index in [1.165, 1.54) is 0 Å². The number of benzene rings is 2. The predicted molar refractivity (Wildman–Crippen MR) is 116 cm³/mol. The molecule has 0 aromatic heterocycles. The van der Waals surface area contributed by atoms with Crippen molar-refractivity contribution in [2.75, 3.05) is 6.61 Å². The van der Waals surface area contributed by atoms with Crippen LogP contribution in [0.2, 0.25) is 10.0 Å². The third-order valence-corrected chi connectivity index (χ3v) is 4.83. The van der Waals surface area contributed by atoms with Gasteiger partial charge >= 0.3 is 0 Å². The monoisotopic (exact) mass is 503 g/mol. The van der Waals surface area contributed by atoms with E-state index in [0.717, 1.165) is 5.56 Å². The third kappa shape index (κ3) is 7.63. The number of aryl methyl sites for hydroxylation is 1. The molecule has 10 heteroatoms. The molecule has 2 amide bonds. The molecule has 0 spiro atoms. The third-order valence-electron chi connectivity index (χ3n) is 3.40. The molecule has 0 unspecified atom stereocenters. The summed E-state index contributed by atoms with van der Waals surface area (Å²) in [5.41, 5.74) is 5.66. The fourth-order valence-corrected chi connectivity index (χ4v) is 3.26. The van der Waals surface area contributed by atoms with Crippen molar-refractivity contribution in [3.8, 4) is 5.75 Å². The maximum Gasteiger partial charge on any atom is 0.276 e. The van der Waals surface area contributed by atoms with E-state index < -0.39 is 5.91 Å². The van der Waals surface area contributed by atoms with Crippen molar-refractivity contribution in [3.63, 3.8) is 0 Å². The van der Waals surface area contributed by atoms with Gasteiger partial charge in [-0.05, 0) is 64.4 Å². The van der Waals surface area contributed by atoms with Gasteiger partial charge in [0.05, 0.1) is 4.47 Å². The summed E-state index contributed by atoms with van der Waals surface area (Å²) in [5.74, 6) is -0.308. The van der Waals surface area contributed by atoms with Crippen molar-refractivity contribution < 1.29 is 14.3 Å². The molecule has 0 aliphatic heterocycles. The minimum absolute atomic E-state index is 0.0230. The summed E-state index contributed by atoms with van der Waals surface area (Å²) in [6, 6.07) is 12.2. The number of nitrogens with one attached hydrogen (secondary N) is 3. The van der Waals surface area contributed by atoms with Crippen LogP contribution in [0, 0.1) is 0 Å². The van der Waals surface area contributed by atoms with Crippen LogP contribution in [-0.4, -0.2) is 23.5 Å². The van der Waals surface area contributed by atoms with E-state index in [0.29, 0.717) is 26.7 Å².